The third-order valence-corrected chi connectivity index (χ3v) is 3.73. The zero-order chi connectivity index (χ0) is 14.0. The van der Waals surface area contributed by atoms with Crippen LogP contribution >= 0.6 is 0 Å². The van der Waals surface area contributed by atoms with Crippen molar-refractivity contribution in [3.05, 3.63) is 29.3 Å². The molecule has 0 heterocycles. The van der Waals surface area contributed by atoms with Crippen LogP contribution < -0.4 is 16.2 Å². The van der Waals surface area contributed by atoms with Crippen molar-refractivity contribution in [3.8, 4) is 5.75 Å². The molecule has 19 heavy (non-hydrogen) atoms. The van der Waals surface area contributed by atoms with E-state index in [0.29, 0.717) is 12.8 Å². The Morgan fingerprint density at radius 1 is 1.32 bits per heavy atom. The number of ether oxygens (including phenoxy) is 1. The second-order valence-electron chi connectivity index (χ2n) is 5.68. The van der Waals surface area contributed by atoms with Crippen LogP contribution in [-0.2, 0) is 4.79 Å². The van der Waals surface area contributed by atoms with Gasteiger partial charge in [0.2, 0.25) is 5.91 Å². The average Bonchev–Trinajstić information content (AvgIpc) is 2.27. The zero-order valence-electron chi connectivity index (χ0n) is 11.6. The van der Waals surface area contributed by atoms with Crippen molar-refractivity contribution in [2.75, 3.05) is 0 Å². The number of rotatable bonds is 3. The molecule has 1 amide bonds. The van der Waals surface area contributed by atoms with Gasteiger partial charge in [-0.1, -0.05) is 6.07 Å². The van der Waals surface area contributed by atoms with Crippen LogP contribution in [0.1, 0.15) is 36.8 Å². The Bertz CT molecular complexity index is 467. The molecule has 4 nitrogen and oxygen atoms in total. The lowest BCUT2D eigenvalue weighted by Crippen LogP contribution is -2.56. The lowest BCUT2D eigenvalue weighted by molar-refractivity contribution is -0.125. The van der Waals surface area contributed by atoms with Crippen LogP contribution in [0.15, 0.2) is 18.2 Å². The lowest BCUT2D eigenvalue weighted by atomic mass is 9.80. The lowest BCUT2D eigenvalue weighted by Gasteiger charge is -2.35. The van der Waals surface area contributed by atoms with Crippen molar-refractivity contribution >= 4 is 5.91 Å². The smallest absolute Gasteiger partial charge is 0.237 e. The highest BCUT2D eigenvalue weighted by Gasteiger charge is 2.38. The number of primary amides is 1. The van der Waals surface area contributed by atoms with Crippen molar-refractivity contribution in [3.63, 3.8) is 0 Å². The molecule has 4 heteroatoms. The van der Waals surface area contributed by atoms with E-state index in [1.54, 1.807) is 0 Å². The fourth-order valence-electron chi connectivity index (χ4n) is 2.77. The molecular weight excluding hydrogens is 240 g/mol. The van der Waals surface area contributed by atoms with E-state index in [2.05, 4.69) is 6.07 Å². The minimum atomic E-state index is -0.915. The SMILES string of the molecule is Cc1cc(C)cc(OC2CCCC(N)(C(N)=O)C2)c1. The summed E-state index contributed by atoms with van der Waals surface area (Å²) in [7, 11) is 0. The number of nitrogens with two attached hydrogens (primary N) is 2. The molecule has 104 valence electrons. The largest absolute Gasteiger partial charge is 0.490 e. The molecule has 0 radical (unpaired) electrons. The summed E-state index contributed by atoms with van der Waals surface area (Å²) in [5, 5.41) is 0. The Morgan fingerprint density at radius 2 is 1.95 bits per heavy atom. The third-order valence-electron chi connectivity index (χ3n) is 3.73. The van der Waals surface area contributed by atoms with Crippen LogP contribution in [0.2, 0.25) is 0 Å². The Hall–Kier alpha value is -1.55. The van der Waals surface area contributed by atoms with Crippen molar-refractivity contribution in [2.45, 2.75) is 51.2 Å². The van der Waals surface area contributed by atoms with Gasteiger partial charge in [0.25, 0.3) is 0 Å². The molecule has 2 rings (SSSR count). The molecule has 1 saturated carbocycles. The van der Waals surface area contributed by atoms with Gasteiger partial charge in [-0.25, -0.2) is 0 Å². The summed E-state index contributed by atoms with van der Waals surface area (Å²) in [5.41, 5.74) is 12.9. The molecule has 1 aliphatic carbocycles. The maximum Gasteiger partial charge on any atom is 0.237 e. The summed E-state index contributed by atoms with van der Waals surface area (Å²) in [6.07, 6.45) is 2.89. The van der Waals surface area contributed by atoms with Crippen molar-refractivity contribution in [1.82, 2.24) is 0 Å². The van der Waals surface area contributed by atoms with Crippen molar-refractivity contribution < 1.29 is 9.53 Å². The molecule has 4 N–H and O–H groups in total. The highest BCUT2D eigenvalue weighted by Crippen LogP contribution is 2.29. The molecule has 1 aromatic carbocycles. The Kier molecular flexibility index (Phi) is 3.80. The highest BCUT2D eigenvalue weighted by molar-refractivity contribution is 5.84. The maximum atomic E-state index is 11.4. The molecule has 1 fully saturated rings. The standard InChI is InChI=1S/C15H22N2O2/c1-10-6-11(2)8-13(7-10)19-12-4-3-5-15(17,9-12)14(16)18/h6-8,12H,3-5,9,17H2,1-2H3,(H2,16,18). The number of amides is 1. The first-order valence-corrected chi connectivity index (χ1v) is 6.73. The fourth-order valence-corrected chi connectivity index (χ4v) is 2.77. The monoisotopic (exact) mass is 262 g/mol. The van der Waals surface area contributed by atoms with Gasteiger partial charge in [-0.05, 0) is 56.4 Å². The number of carbonyl (C=O) groups excluding carboxylic acids is 1. The first kappa shape index (κ1) is 13.9. The third kappa shape index (κ3) is 3.26. The minimum absolute atomic E-state index is 0.0348. The van der Waals surface area contributed by atoms with E-state index in [0.717, 1.165) is 18.6 Å². The summed E-state index contributed by atoms with van der Waals surface area (Å²) in [6.45, 7) is 4.08. The number of hydrogen-bond donors (Lipinski definition) is 2. The van der Waals surface area contributed by atoms with Crippen LogP contribution in [0.4, 0.5) is 0 Å². The first-order valence-electron chi connectivity index (χ1n) is 6.73. The molecule has 0 spiro atoms. The summed E-state index contributed by atoms with van der Waals surface area (Å²) in [4.78, 5) is 11.4. The van der Waals surface area contributed by atoms with Crippen LogP contribution in [-0.4, -0.2) is 17.6 Å². The average molecular weight is 262 g/mol. The molecule has 1 aliphatic rings. The van der Waals surface area contributed by atoms with Gasteiger partial charge in [0.15, 0.2) is 0 Å². The van der Waals surface area contributed by atoms with Gasteiger partial charge in [-0.15, -0.1) is 0 Å². The van der Waals surface area contributed by atoms with Gasteiger partial charge >= 0.3 is 0 Å². The summed E-state index contributed by atoms with van der Waals surface area (Å²) in [5.74, 6) is 0.414. The van der Waals surface area contributed by atoms with E-state index >= 15 is 0 Å². The Labute approximate surface area is 114 Å². The molecule has 0 saturated heterocycles. The van der Waals surface area contributed by atoms with E-state index in [-0.39, 0.29) is 6.10 Å². The Balaban J connectivity index is 2.08. The summed E-state index contributed by atoms with van der Waals surface area (Å²) in [6, 6.07) is 6.11. The van der Waals surface area contributed by atoms with Crippen LogP contribution in [0.25, 0.3) is 0 Å². The normalized spacial score (nSPS) is 27.0. The molecule has 0 aromatic heterocycles. The van der Waals surface area contributed by atoms with Gasteiger partial charge in [-0.2, -0.15) is 0 Å². The fraction of sp³-hybridized carbons (Fsp3) is 0.533. The number of aryl methyl sites for hydroxylation is 2. The van der Waals surface area contributed by atoms with Gasteiger partial charge < -0.3 is 16.2 Å². The van der Waals surface area contributed by atoms with E-state index in [1.165, 1.54) is 11.1 Å². The van der Waals surface area contributed by atoms with E-state index in [4.69, 9.17) is 16.2 Å². The zero-order valence-corrected chi connectivity index (χ0v) is 11.6. The van der Waals surface area contributed by atoms with Crippen molar-refractivity contribution in [1.29, 1.82) is 0 Å². The molecular formula is C15H22N2O2. The second-order valence-corrected chi connectivity index (χ2v) is 5.68. The quantitative estimate of drug-likeness (QED) is 0.872. The minimum Gasteiger partial charge on any atom is -0.490 e. The summed E-state index contributed by atoms with van der Waals surface area (Å²) >= 11 is 0. The van der Waals surface area contributed by atoms with Gasteiger partial charge in [-0.3, -0.25) is 4.79 Å². The second kappa shape index (κ2) is 5.21. The molecule has 0 bridgehead atoms. The number of hydrogen-bond acceptors (Lipinski definition) is 3. The van der Waals surface area contributed by atoms with Crippen LogP contribution in [0.5, 0.6) is 5.75 Å². The molecule has 2 unspecified atom stereocenters. The van der Waals surface area contributed by atoms with Crippen LogP contribution in [0.3, 0.4) is 0 Å². The van der Waals surface area contributed by atoms with Crippen molar-refractivity contribution in [2.24, 2.45) is 11.5 Å². The molecule has 0 aliphatic heterocycles. The predicted molar refractivity (Wildman–Crippen MR) is 74.9 cm³/mol. The first-order chi connectivity index (χ1) is 8.89. The topological polar surface area (TPSA) is 78.3 Å². The number of carbonyl (C=O) groups is 1. The predicted octanol–water partition coefficient (Wildman–Crippen LogP) is 1.81. The summed E-state index contributed by atoms with van der Waals surface area (Å²) < 4.78 is 5.97. The van der Waals surface area contributed by atoms with Crippen LogP contribution in [0, 0.1) is 13.8 Å². The van der Waals surface area contributed by atoms with E-state index in [1.807, 2.05) is 26.0 Å². The van der Waals surface area contributed by atoms with E-state index < -0.39 is 11.4 Å². The van der Waals surface area contributed by atoms with Gasteiger partial charge in [0.05, 0.1) is 5.54 Å². The molecule has 1 aromatic rings. The van der Waals surface area contributed by atoms with Gasteiger partial charge in [0, 0.05) is 6.42 Å². The maximum absolute atomic E-state index is 11.4. The highest BCUT2D eigenvalue weighted by atomic mass is 16.5. The number of benzene rings is 1. The Morgan fingerprint density at radius 3 is 2.53 bits per heavy atom. The molecule has 2 atom stereocenters. The van der Waals surface area contributed by atoms with E-state index in [9.17, 15) is 4.79 Å². The van der Waals surface area contributed by atoms with Gasteiger partial charge in [0.1, 0.15) is 11.9 Å².